The van der Waals surface area contributed by atoms with Crippen molar-refractivity contribution in [3.8, 4) is 5.75 Å². The molecule has 0 aliphatic carbocycles. The molecule has 1 N–H and O–H groups in total. The second-order valence-corrected chi connectivity index (χ2v) is 8.05. The first-order valence-corrected chi connectivity index (χ1v) is 10.9. The molecule has 0 radical (unpaired) electrons. The van der Waals surface area contributed by atoms with Crippen molar-refractivity contribution in [2.45, 2.75) is 39.0 Å². The molecule has 1 aromatic heterocycles. The van der Waals surface area contributed by atoms with E-state index in [2.05, 4.69) is 34.3 Å². The van der Waals surface area contributed by atoms with E-state index < -0.39 is 0 Å². The van der Waals surface area contributed by atoms with E-state index in [1.165, 1.54) is 5.56 Å². The third-order valence-corrected chi connectivity index (χ3v) is 5.77. The fourth-order valence-corrected chi connectivity index (χ4v) is 3.87. The number of hydrogen-bond donors (Lipinski definition) is 1. The van der Waals surface area contributed by atoms with E-state index in [4.69, 9.17) is 4.74 Å². The van der Waals surface area contributed by atoms with Crippen LogP contribution in [-0.2, 0) is 13.1 Å². The lowest BCUT2D eigenvalue weighted by Crippen LogP contribution is -2.37. The number of nitrogens with one attached hydrogen (secondary N) is 1. The second kappa shape index (κ2) is 10.2. The molecule has 2 aromatic carbocycles. The monoisotopic (exact) mass is 415 g/mol. The number of carbonyl (C=O) groups excluding carboxylic acids is 1. The summed E-state index contributed by atoms with van der Waals surface area (Å²) >= 11 is 0. The molecule has 2 heterocycles. The van der Waals surface area contributed by atoms with Gasteiger partial charge in [0, 0.05) is 37.9 Å². The Kier molecular flexibility index (Phi) is 6.95. The maximum absolute atomic E-state index is 12.5. The van der Waals surface area contributed by atoms with Crippen LogP contribution in [0.3, 0.4) is 0 Å². The maximum atomic E-state index is 12.5. The first kappa shape index (κ1) is 21.1. The number of likely N-dealkylation sites (tertiary alicyclic amines) is 1. The summed E-state index contributed by atoms with van der Waals surface area (Å²) in [5, 5.41) is 2.99. The van der Waals surface area contributed by atoms with Crippen molar-refractivity contribution < 1.29 is 9.53 Å². The Hall–Kier alpha value is -3.18. The highest BCUT2D eigenvalue weighted by Crippen LogP contribution is 2.20. The average Bonchev–Trinajstić information content (AvgIpc) is 2.81. The van der Waals surface area contributed by atoms with E-state index in [1.54, 1.807) is 0 Å². The van der Waals surface area contributed by atoms with E-state index in [0.717, 1.165) is 49.5 Å². The van der Waals surface area contributed by atoms with Gasteiger partial charge >= 0.3 is 0 Å². The largest absolute Gasteiger partial charge is 0.490 e. The second-order valence-electron chi connectivity index (χ2n) is 8.05. The number of aromatic nitrogens is 1. The van der Waals surface area contributed by atoms with E-state index in [0.29, 0.717) is 12.1 Å². The number of piperidine rings is 1. The number of ether oxygens (including phenoxy) is 1. The highest BCUT2D eigenvalue weighted by atomic mass is 16.5. The third-order valence-electron chi connectivity index (χ3n) is 5.77. The number of aryl methyl sites for hydroxylation is 1. The van der Waals surface area contributed by atoms with Gasteiger partial charge in [-0.2, -0.15) is 0 Å². The van der Waals surface area contributed by atoms with Crippen molar-refractivity contribution in [3.63, 3.8) is 0 Å². The summed E-state index contributed by atoms with van der Waals surface area (Å²) in [6.45, 7) is 5.47. The summed E-state index contributed by atoms with van der Waals surface area (Å²) in [6.07, 6.45) is 4.04. The standard InChI is InChI=1S/C26H29N3O2/c1-20-6-2-3-7-22(20)18-28-26(30)21-9-11-24(12-10-21)31-25-13-16-29(17-14-25)19-23-8-4-5-15-27-23/h2-12,15,25H,13-14,16-19H2,1H3,(H,28,30). The fourth-order valence-electron chi connectivity index (χ4n) is 3.87. The molecule has 0 spiro atoms. The molecule has 31 heavy (non-hydrogen) atoms. The van der Waals surface area contributed by atoms with Crippen molar-refractivity contribution in [1.82, 2.24) is 15.2 Å². The number of hydrogen-bond acceptors (Lipinski definition) is 4. The molecule has 0 bridgehead atoms. The normalized spacial score (nSPS) is 14.9. The summed E-state index contributed by atoms with van der Waals surface area (Å²) in [4.78, 5) is 19.3. The Labute approximate surface area is 184 Å². The summed E-state index contributed by atoms with van der Waals surface area (Å²) in [5.41, 5.74) is 4.06. The lowest BCUT2D eigenvalue weighted by Gasteiger charge is -2.31. The van der Waals surface area contributed by atoms with Crippen LogP contribution < -0.4 is 10.1 Å². The number of amides is 1. The summed E-state index contributed by atoms with van der Waals surface area (Å²) in [6, 6.07) is 21.6. The van der Waals surface area contributed by atoms with Gasteiger partial charge < -0.3 is 10.1 Å². The molecule has 5 nitrogen and oxygen atoms in total. The molecule has 5 heteroatoms. The topological polar surface area (TPSA) is 54.5 Å². The van der Waals surface area contributed by atoms with Gasteiger partial charge in [0.2, 0.25) is 0 Å². The SMILES string of the molecule is Cc1ccccc1CNC(=O)c1ccc(OC2CCN(Cc3ccccn3)CC2)cc1. The van der Waals surface area contributed by atoms with Gasteiger partial charge in [-0.1, -0.05) is 30.3 Å². The molecule has 1 amide bonds. The van der Waals surface area contributed by atoms with E-state index in [-0.39, 0.29) is 12.0 Å². The van der Waals surface area contributed by atoms with Crippen molar-refractivity contribution in [2.24, 2.45) is 0 Å². The zero-order chi connectivity index (χ0) is 21.5. The highest BCUT2D eigenvalue weighted by molar-refractivity contribution is 5.94. The Morgan fingerprint density at radius 3 is 2.48 bits per heavy atom. The number of nitrogens with zero attached hydrogens (tertiary/aromatic N) is 2. The van der Waals surface area contributed by atoms with Gasteiger partial charge in [-0.3, -0.25) is 14.7 Å². The summed E-state index contributed by atoms with van der Waals surface area (Å²) in [7, 11) is 0. The van der Waals surface area contributed by atoms with Crippen molar-refractivity contribution in [3.05, 3.63) is 95.3 Å². The fraction of sp³-hybridized carbons (Fsp3) is 0.308. The van der Waals surface area contributed by atoms with E-state index in [9.17, 15) is 4.79 Å². The zero-order valence-electron chi connectivity index (χ0n) is 18.0. The van der Waals surface area contributed by atoms with Crippen molar-refractivity contribution >= 4 is 5.91 Å². The minimum atomic E-state index is -0.0716. The van der Waals surface area contributed by atoms with Crippen LogP contribution in [0.15, 0.2) is 72.9 Å². The van der Waals surface area contributed by atoms with Crippen molar-refractivity contribution in [2.75, 3.05) is 13.1 Å². The molecule has 1 aliphatic heterocycles. The number of benzene rings is 2. The Morgan fingerprint density at radius 2 is 1.77 bits per heavy atom. The van der Waals surface area contributed by atoms with Crippen LogP contribution in [0.2, 0.25) is 0 Å². The molecular weight excluding hydrogens is 386 g/mol. The van der Waals surface area contributed by atoms with Gasteiger partial charge in [0.05, 0.1) is 5.69 Å². The number of rotatable bonds is 7. The minimum Gasteiger partial charge on any atom is -0.490 e. The van der Waals surface area contributed by atoms with Gasteiger partial charge in [-0.15, -0.1) is 0 Å². The Morgan fingerprint density at radius 1 is 1.03 bits per heavy atom. The predicted molar refractivity (Wildman–Crippen MR) is 122 cm³/mol. The first-order chi connectivity index (χ1) is 15.2. The highest BCUT2D eigenvalue weighted by Gasteiger charge is 2.21. The Bertz CT molecular complexity index is 981. The third kappa shape index (κ3) is 5.92. The van der Waals surface area contributed by atoms with Crippen LogP contribution >= 0.6 is 0 Å². The number of carbonyl (C=O) groups is 1. The molecule has 1 saturated heterocycles. The van der Waals surface area contributed by atoms with Crippen LogP contribution in [0.5, 0.6) is 5.75 Å². The molecule has 1 aliphatic rings. The zero-order valence-corrected chi connectivity index (χ0v) is 18.0. The van der Waals surface area contributed by atoms with Crippen LogP contribution in [0.4, 0.5) is 0 Å². The molecular formula is C26H29N3O2. The lowest BCUT2D eigenvalue weighted by atomic mass is 10.1. The summed E-state index contributed by atoms with van der Waals surface area (Å²) < 4.78 is 6.16. The number of pyridine rings is 1. The van der Waals surface area contributed by atoms with Gasteiger partial charge in [0.25, 0.3) is 5.91 Å². The van der Waals surface area contributed by atoms with Gasteiger partial charge in [0.15, 0.2) is 0 Å². The smallest absolute Gasteiger partial charge is 0.251 e. The van der Waals surface area contributed by atoms with Gasteiger partial charge in [-0.05, 0) is 67.3 Å². The molecule has 160 valence electrons. The molecule has 0 atom stereocenters. The maximum Gasteiger partial charge on any atom is 0.251 e. The van der Waals surface area contributed by atoms with Gasteiger partial charge in [0.1, 0.15) is 11.9 Å². The molecule has 0 unspecified atom stereocenters. The Balaban J connectivity index is 1.23. The summed E-state index contributed by atoms with van der Waals surface area (Å²) in [5.74, 6) is 0.747. The quantitative estimate of drug-likeness (QED) is 0.623. The van der Waals surface area contributed by atoms with Crippen LogP contribution in [-0.4, -0.2) is 35.0 Å². The average molecular weight is 416 g/mol. The minimum absolute atomic E-state index is 0.0716. The van der Waals surface area contributed by atoms with Crippen LogP contribution in [0.25, 0.3) is 0 Å². The predicted octanol–water partition coefficient (Wildman–Crippen LogP) is 4.36. The molecule has 0 saturated carbocycles. The first-order valence-electron chi connectivity index (χ1n) is 10.9. The van der Waals surface area contributed by atoms with Crippen LogP contribution in [0, 0.1) is 6.92 Å². The van der Waals surface area contributed by atoms with E-state index >= 15 is 0 Å². The van der Waals surface area contributed by atoms with Crippen LogP contribution in [0.1, 0.15) is 40.0 Å². The van der Waals surface area contributed by atoms with Crippen molar-refractivity contribution in [1.29, 1.82) is 0 Å². The molecule has 1 fully saturated rings. The molecule has 3 aromatic rings. The van der Waals surface area contributed by atoms with E-state index in [1.807, 2.05) is 60.8 Å². The molecule has 4 rings (SSSR count). The lowest BCUT2D eigenvalue weighted by molar-refractivity contribution is 0.0947. The van der Waals surface area contributed by atoms with Gasteiger partial charge in [-0.25, -0.2) is 0 Å².